The number of unbranched alkanes of at least 4 members (excludes halogenated alkanes) is 1. The van der Waals surface area contributed by atoms with Crippen molar-refractivity contribution in [3.8, 4) is 0 Å². The highest BCUT2D eigenvalue weighted by Gasteiger charge is 2.21. The molecule has 14 heavy (non-hydrogen) atoms. The van der Waals surface area contributed by atoms with Crippen LogP contribution in [0.2, 0.25) is 0 Å². The van der Waals surface area contributed by atoms with E-state index in [0.29, 0.717) is 0 Å². The Labute approximate surface area is 89.7 Å². The quantitative estimate of drug-likeness (QED) is 0.686. The first-order valence-corrected chi connectivity index (χ1v) is 6.59. The molecule has 0 aromatic heterocycles. The number of nitrogens with one attached hydrogen (secondary N) is 1. The van der Waals surface area contributed by atoms with Crippen LogP contribution in [0.1, 0.15) is 58.8 Å². The van der Waals surface area contributed by atoms with Crippen LogP contribution in [0.15, 0.2) is 0 Å². The normalized spacial score (nSPS) is 21.0. The van der Waals surface area contributed by atoms with Crippen LogP contribution in [0.25, 0.3) is 0 Å². The Bertz CT molecular complexity index is 127. The largest absolute Gasteiger partial charge is 0.317 e. The van der Waals surface area contributed by atoms with Gasteiger partial charge in [-0.05, 0) is 37.8 Å². The van der Waals surface area contributed by atoms with Crippen LogP contribution in [0.4, 0.5) is 0 Å². The highest BCUT2D eigenvalue weighted by molar-refractivity contribution is 4.75. The van der Waals surface area contributed by atoms with E-state index >= 15 is 0 Å². The second kappa shape index (κ2) is 7.28. The summed E-state index contributed by atoms with van der Waals surface area (Å²) in [6, 6.07) is 0. The molecule has 0 saturated carbocycles. The third kappa shape index (κ3) is 4.00. The molecule has 0 aromatic carbocycles. The van der Waals surface area contributed by atoms with Gasteiger partial charge < -0.3 is 5.32 Å². The molecule has 1 aliphatic rings. The van der Waals surface area contributed by atoms with Gasteiger partial charge in [-0.2, -0.15) is 0 Å². The van der Waals surface area contributed by atoms with Crippen molar-refractivity contribution in [3.05, 3.63) is 0 Å². The summed E-state index contributed by atoms with van der Waals surface area (Å²) in [4.78, 5) is 0. The van der Waals surface area contributed by atoms with Crippen LogP contribution < -0.4 is 5.32 Å². The maximum absolute atomic E-state index is 3.47. The molecule has 1 saturated heterocycles. The molecule has 1 rings (SSSR count). The average Bonchev–Trinajstić information content (AvgIpc) is 2.25. The van der Waals surface area contributed by atoms with Gasteiger partial charge in [0, 0.05) is 0 Å². The van der Waals surface area contributed by atoms with Crippen molar-refractivity contribution in [2.75, 3.05) is 13.1 Å². The Kier molecular flexibility index (Phi) is 6.25. The smallest absolute Gasteiger partial charge is 0.00462 e. The van der Waals surface area contributed by atoms with Crippen molar-refractivity contribution in [1.82, 2.24) is 5.32 Å². The zero-order chi connectivity index (χ0) is 10.2. The molecule has 1 nitrogen and oxygen atoms in total. The summed E-state index contributed by atoms with van der Waals surface area (Å²) in [7, 11) is 0. The van der Waals surface area contributed by atoms with E-state index in [2.05, 4.69) is 19.2 Å². The molecule has 0 radical (unpaired) electrons. The van der Waals surface area contributed by atoms with E-state index in [0.717, 1.165) is 11.8 Å². The Hall–Kier alpha value is -0.0400. The monoisotopic (exact) mass is 197 g/mol. The standard InChI is InChI=1S/C13H27N/c1-3-5-7-12(6-4-2)13-8-10-14-11-9-13/h12-14H,3-11H2,1-2H3. The SMILES string of the molecule is CCCCC(CCC)C1CCNCC1. The van der Waals surface area contributed by atoms with Crippen LogP contribution in [0.3, 0.4) is 0 Å². The van der Waals surface area contributed by atoms with Gasteiger partial charge in [0.1, 0.15) is 0 Å². The van der Waals surface area contributed by atoms with E-state index in [-0.39, 0.29) is 0 Å². The molecule has 1 heterocycles. The average molecular weight is 197 g/mol. The molecule has 0 spiro atoms. The van der Waals surface area contributed by atoms with Crippen molar-refractivity contribution < 1.29 is 0 Å². The number of piperidine rings is 1. The van der Waals surface area contributed by atoms with E-state index in [1.54, 1.807) is 0 Å². The first-order valence-electron chi connectivity index (χ1n) is 6.59. The molecular weight excluding hydrogens is 170 g/mol. The molecule has 1 aliphatic heterocycles. The van der Waals surface area contributed by atoms with Crippen molar-refractivity contribution in [3.63, 3.8) is 0 Å². The van der Waals surface area contributed by atoms with Crippen molar-refractivity contribution in [1.29, 1.82) is 0 Å². The Morgan fingerprint density at radius 2 is 1.79 bits per heavy atom. The summed E-state index contributed by atoms with van der Waals surface area (Å²) in [5.41, 5.74) is 0. The van der Waals surface area contributed by atoms with Crippen LogP contribution in [-0.2, 0) is 0 Å². The van der Waals surface area contributed by atoms with E-state index < -0.39 is 0 Å². The fourth-order valence-electron chi connectivity index (χ4n) is 2.77. The summed E-state index contributed by atoms with van der Waals surface area (Å²) in [6.07, 6.45) is 9.97. The summed E-state index contributed by atoms with van der Waals surface area (Å²) >= 11 is 0. The van der Waals surface area contributed by atoms with Crippen molar-refractivity contribution in [2.45, 2.75) is 58.8 Å². The lowest BCUT2D eigenvalue weighted by atomic mass is 9.79. The first kappa shape index (κ1) is 12.0. The molecule has 1 unspecified atom stereocenters. The lowest BCUT2D eigenvalue weighted by Crippen LogP contribution is -2.31. The molecular formula is C13H27N. The molecule has 0 amide bonds. The van der Waals surface area contributed by atoms with E-state index in [1.807, 2.05) is 0 Å². The predicted octanol–water partition coefficient (Wildman–Crippen LogP) is 3.59. The number of hydrogen-bond acceptors (Lipinski definition) is 1. The fourth-order valence-corrected chi connectivity index (χ4v) is 2.77. The van der Waals surface area contributed by atoms with Gasteiger partial charge in [0.25, 0.3) is 0 Å². The van der Waals surface area contributed by atoms with Crippen LogP contribution in [0.5, 0.6) is 0 Å². The van der Waals surface area contributed by atoms with E-state index in [9.17, 15) is 0 Å². The second-order valence-corrected chi connectivity index (χ2v) is 4.78. The van der Waals surface area contributed by atoms with E-state index in [4.69, 9.17) is 0 Å². The van der Waals surface area contributed by atoms with Gasteiger partial charge in [-0.15, -0.1) is 0 Å². The lowest BCUT2D eigenvalue weighted by Gasteiger charge is -2.30. The zero-order valence-corrected chi connectivity index (χ0v) is 10.0. The summed E-state index contributed by atoms with van der Waals surface area (Å²) in [5, 5.41) is 3.47. The molecule has 1 heteroatoms. The molecule has 84 valence electrons. The third-order valence-electron chi connectivity index (χ3n) is 3.64. The predicted molar refractivity (Wildman–Crippen MR) is 63.5 cm³/mol. The second-order valence-electron chi connectivity index (χ2n) is 4.78. The molecule has 0 bridgehead atoms. The minimum atomic E-state index is 1.03. The van der Waals surface area contributed by atoms with Gasteiger partial charge in [-0.3, -0.25) is 0 Å². The third-order valence-corrected chi connectivity index (χ3v) is 3.64. The lowest BCUT2D eigenvalue weighted by molar-refractivity contribution is 0.228. The highest BCUT2D eigenvalue weighted by Crippen LogP contribution is 2.29. The van der Waals surface area contributed by atoms with Gasteiger partial charge in [0.05, 0.1) is 0 Å². The zero-order valence-electron chi connectivity index (χ0n) is 10.0. The summed E-state index contributed by atoms with van der Waals surface area (Å²) in [5.74, 6) is 2.06. The van der Waals surface area contributed by atoms with E-state index in [1.165, 1.54) is 58.0 Å². The number of rotatable bonds is 6. The highest BCUT2D eigenvalue weighted by atomic mass is 14.9. The van der Waals surface area contributed by atoms with Crippen molar-refractivity contribution >= 4 is 0 Å². The topological polar surface area (TPSA) is 12.0 Å². The van der Waals surface area contributed by atoms with Gasteiger partial charge in [-0.25, -0.2) is 0 Å². The van der Waals surface area contributed by atoms with Gasteiger partial charge in [0.2, 0.25) is 0 Å². The molecule has 1 N–H and O–H groups in total. The Balaban J connectivity index is 2.30. The van der Waals surface area contributed by atoms with Gasteiger partial charge >= 0.3 is 0 Å². The first-order chi connectivity index (χ1) is 6.88. The Morgan fingerprint density at radius 1 is 1.07 bits per heavy atom. The minimum absolute atomic E-state index is 1.03. The minimum Gasteiger partial charge on any atom is -0.317 e. The van der Waals surface area contributed by atoms with Crippen LogP contribution in [0, 0.1) is 11.8 Å². The summed E-state index contributed by atoms with van der Waals surface area (Å²) in [6.45, 7) is 7.17. The summed E-state index contributed by atoms with van der Waals surface area (Å²) < 4.78 is 0. The van der Waals surface area contributed by atoms with Crippen molar-refractivity contribution in [2.24, 2.45) is 11.8 Å². The number of hydrogen-bond donors (Lipinski definition) is 1. The van der Waals surface area contributed by atoms with Gasteiger partial charge in [0.15, 0.2) is 0 Å². The maximum Gasteiger partial charge on any atom is -0.00462 e. The van der Waals surface area contributed by atoms with Gasteiger partial charge in [-0.1, -0.05) is 46.0 Å². The van der Waals surface area contributed by atoms with Crippen LogP contribution in [-0.4, -0.2) is 13.1 Å². The molecule has 0 aromatic rings. The molecule has 1 atom stereocenters. The molecule has 1 fully saturated rings. The fraction of sp³-hybridized carbons (Fsp3) is 1.00. The molecule has 0 aliphatic carbocycles. The Morgan fingerprint density at radius 3 is 2.36 bits per heavy atom. The van der Waals surface area contributed by atoms with Crippen LogP contribution >= 0.6 is 0 Å². The maximum atomic E-state index is 3.47.